The number of aliphatic hydroxyl groups excluding tert-OH is 1. The Labute approximate surface area is 231 Å². The predicted molar refractivity (Wildman–Crippen MR) is 154 cm³/mol. The molecule has 0 aromatic heterocycles. The molecule has 0 aliphatic heterocycles. The van der Waals surface area contributed by atoms with Crippen molar-refractivity contribution in [2.45, 2.75) is 51.1 Å². The van der Waals surface area contributed by atoms with Gasteiger partial charge in [0.2, 0.25) is 0 Å². The first-order valence-corrected chi connectivity index (χ1v) is 13.5. The number of rotatable bonds is 11. The SMILES string of the molecule is COc1ccc(C2CCc3cc(O)ccc3C2)c(N(CCO)Cc2ccc(OCC(C)(C)N(C)C)c(F)c2)c1. The summed E-state index contributed by atoms with van der Waals surface area (Å²) in [6.45, 7) is 5.25. The number of hydrogen-bond donors (Lipinski definition) is 2. The number of methoxy groups -OCH3 is 1. The first-order valence-electron chi connectivity index (χ1n) is 13.5. The number of aryl methyl sites for hydroxylation is 1. The Balaban J connectivity index is 1.59. The summed E-state index contributed by atoms with van der Waals surface area (Å²) >= 11 is 0. The molecule has 0 radical (unpaired) electrons. The molecule has 0 spiro atoms. The van der Waals surface area contributed by atoms with Crippen LogP contribution in [0.1, 0.15) is 48.4 Å². The zero-order valence-corrected chi connectivity index (χ0v) is 23.7. The van der Waals surface area contributed by atoms with Gasteiger partial charge >= 0.3 is 0 Å². The van der Waals surface area contributed by atoms with E-state index in [0.29, 0.717) is 25.4 Å². The van der Waals surface area contributed by atoms with Crippen LogP contribution in [0.5, 0.6) is 17.2 Å². The number of aromatic hydroxyl groups is 1. The van der Waals surface area contributed by atoms with Crippen LogP contribution in [0.15, 0.2) is 54.6 Å². The summed E-state index contributed by atoms with van der Waals surface area (Å²) in [6, 6.07) is 16.8. The number of likely N-dealkylation sites (N-methyl/N-ethyl adjacent to an activating group) is 1. The molecule has 6 nitrogen and oxygen atoms in total. The van der Waals surface area contributed by atoms with Crippen LogP contribution in [-0.2, 0) is 19.4 Å². The summed E-state index contributed by atoms with van der Waals surface area (Å²) in [5.74, 6) is 1.14. The van der Waals surface area contributed by atoms with Crippen molar-refractivity contribution >= 4 is 5.69 Å². The largest absolute Gasteiger partial charge is 0.508 e. The van der Waals surface area contributed by atoms with E-state index in [1.54, 1.807) is 19.2 Å². The highest BCUT2D eigenvalue weighted by molar-refractivity contribution is 5.60. The quantitative estimate of drug-likeness (QED) is 0.336. The molecule has 1 atom stereocenters. The number of fused-ring (bicyclic) bond motifs is 1. The van der Waals surface area contributed by atoms with E-state index < -0.39 is 5.82 Å². The Morgan fingerprint density at radius 2 is 1.82 bits per heavy atom. The van der Waals surface area contributed by atoms with E-state index in [2.05, 4.69) is 11.0 Å². The van der Waals surface area contributed by atoms with Gasteiger partial charge in [-0.2, -0.15) is 0 Å². The minimum absolute atomic E-state index is 0.0350. The van der Waals surface area contributed by atoms with Crippen molar-refractivity contribution in [3.63, 3.8) is 0 Å². The Bertz CT molecular complexity index is 1280. The molecule has 1 aliphatic rings. The Kier molecular flexibility index (Phi) is 9.03. The fraction of sp³-hybridized carbons (Fsp3) is 0.438. The van der Waals surface area contributed by atoms with Crippen LogP contribution >= 0.6 is 0 Å². The standard InChI is InChI=1S/C32H41FN2O4/c1-32(2,34(3)4)21-39-31-13-6-22(16-29(31)33)20-35(14-15-36)30-19-27(38-5)11-12-28(30)25-8-7-24-18-26(37)10-9-23(24)17-25/h6,9-13,16,18-19,25,36-37H,7-8,14-15,17,20-21H2,1-5H3. The lowest BCUT2D eigenvalue weighted by molar-refractivity contribution is 0.111. The lowest BCUT2D eigenvalue weighted by atomic mass is 9.79. The van der Waals surface area contributed by atoms with E-state index in [1.807, 2.05) is 63.2 Å². The van der Waals surface area contributed by atoms with Gasteiger partial charge in [-0.15, -0.1) is 0 Å². The molecule has 4 rings (SSSR count). The smallest absolute Gasteiger partial charge is 0.165 e. The van der Waals surface area contributed by atoms with Crippen LogP contribution in [0.25, 0.3) is 0 Å². The Morgan fingerprint density at radius 3 is 2.51 bits per heavy atom. The van der Waals surface area contributed by atoms with Crippen molar-refractivity contribution in [1.82, 2.24) is 4.90 Å². The fourth-order valence-electron chi connectivity index (χ4n) is 5.05. The first-order chi connectivity index (χ1) is 18.6. The molecule has 0 fully saturated rings. The molecule has 0 bridgehead atoms. The van der Waals surface area contributed by atoms with Crippen molar-refractivity contribution in [3.8, 4) is 17.2 Å². The Hall–Kier alpha value is -3.29. The van der Waals surface area contributed by atoms with Crippen LogP contribution in [0.2, 0.25) is 0 Å². The van der Waals surface area contributed by atoms with Gasteiger partial charge in [0.05, 0.1) is 13.7 Å². The molecule has 3 aromatic carbocycles. The number of phenols is 1. The van der Waals surface area contributed by atoms with Gasteiger partial charge < -0.3 is 29.5 Å². The van der Waals surface area contributed by atoms with E-state index in [9.17, 15) is 10.2 Å². The van der Waals surface area contributed by atoms with Gasteiger partial charge in [0.25, 0.3) is 0 Å². The second kappa shape index (κ2) is 12.3. The van der Waals surface area contributed by atoms with E-state index in [-0.39, 0.29) is 23.8 Å². The van der Waals surface area contributed by atoms with E-state index in [1.165, 1.54) is 22.8 Å². The third-order valence-corrected chi connectivity index (χ3v) is 7.97. The molecule has 39 heavy (non-hydrogen) atoms. The molecule has 0 heterocycles. The molecule has 210 valence electrons. The van der Waals surface area contributed by atoms with Gasteiger partial charge in [-0.05, 0) is 106 Å². The highest BCUT2D eigenvalue weighted by Crippen LogP contribution is 2.40. The van der Waals surface area contributed by atoms with Crippen LogP contribution in [0, 0.1) is 5.82 Å². The number of benzene rings is 3. The van der Waals surface area contributed by atoms with Crippen molar-refractivity contribution in [2.24, 2.45) is 0 Å². The third-order valence-electron chi connectivity index (χ3n) is 7.97. The Morgan fingerprint density at radius 1 is 1.03 bits per heavy atom. The zero-order chi connectivity index (χ0) is 28.2. The topological polar surface area (TPSA) is 65.4 Å². The zero-order valence-electron chi connectivity index (χ0n) is 23.7. The monoisotopic (exact) mass is 536 g/mol. The molecule has 7 heteroatoms. The lowest BCUT2D eigenvalue weighted by Crippen LogP contribution is -2.43. The number of phenolic OH excluding ortho intramolecular Hbond substituents is 1. The van der Waals surface area contributed by atoms with Crippen LogP contribution in [0.3, 0.4) is 0 Å². The molecular formula is C32H41FN2O4. The maximum absolute atomic E-state index is 15.1. The van der Waals surface area contributed by atoms with Crippen LogP contribution in [-0.4, -0.2) is 61.6 Å². The number of anilines is 1. The van der Waals surface area contributed by atoms with Gasteiger partial charge in [0.15, 0.2) is 11.6 Å². The van der Waals surface area contributed by atoms with Crippen LogP contribution in [0.4, 0.5) is 10.1 Å². The predicted octanol–water partition coefficient (Wildman–Crippen LogP) is 5.53. The lowest BCUT2D eigenvalue weighted by Gasteiger charge is -2.32. The molecule has 1 aliphatic carbocycles. The molecule has 1 unspecified atom stereocenters. The number of nitrogens with zero attached hydrogens (tertiary/aromatic N) is 2. The normalized spacial score (nSPS) is 15.2. The van der Waals surface area contributed by atoms with Gasteiger partial charge in [-0.1, -0.05) is 18.2 Å². The average molecular weight is 537 g/mol. The van der Waals surface area contributed by atoms with Crippen molar-refractivity contribution in [1.29, 1.82) is 0 Å². The van der Waals surface area contributed by atoms with Gasteiger partial charge in [0, 0.05) is 30.4 Å². The van der Waals surface area contributed by atoms with Crippen molar-refractivity contribution in [3.05, 3.63) is 82.7 Å². The summed E-state index contributed by atoms with van der Waals surface area (Å²) < 4.78 is 26.5. The van der Waals surface area contributed by atoms with E-state index >= 15 is 4.39 Å². The van der Waals surface area contributed by atoms with Gasteiger partial charge in [-0.25, -0.2) is 4.39 Å². The summed E-state index contributed by atoms with van der Waals surface area (Å²) in [6.07, 6.45) is 2.70. The maximum atomic E-state index is 15.1. The maximum Gasteiger partial charge on any atom is 0.165 e. The summed E-state index contributed by atoms with van der Waals surface area (Å²) in [5.41, 5.74) is 5.15. The van der Waals surface area contributed by atoms with Gasteiger partial charge in [-0.3, -0.25) is 0 Å². The second-order valence-corrected chi connectivity index (χ2v) is 11.2. The molecule has 0 saturated carbocycles. The van der Waals surface area contributed by atoms with Crippen LogP contribution < -0.4 is 14.4 Å². The minimum Gasteiger partial charge on any atom is -0.508 e. The van der Waals surface area contributed by atoms with E-state index in [4.69, 9.17) is 9.47 Å². The number of halogens is 1. The molecule has 2 N–H and O–H groups in total. The summed E-state index contributed by atoms with van der Waals surface area (Å²) in [4.78, 5) is 4.14. The fourth-order valence-corrected chi connectivity index (χ4v) is 5.05. The third kappa shape index (κ3) is 6.84. The highest BCUT2D eigenvalue weighted by atomic mass is 19.1. The van der Waals surface area contributed by atoms with E-state index in [0.717, 1.165) is 36.3 Å². The van der Waals surface area contributed by atoms with Gasteiger partial charge in [0.1, 0.15) is 18.1 Å². The molecule has 3 aromatic rings. The first kappa shape index (κ1) is 28.7. The van der Waals surface area contributed by atoms with Crippen molar-refractivity contribution < 1.29 is 24.1 Å². The molecule has 0 saturated heterocycles. The number of aliphatic hydroxyl groups is 1. The number of hydrogen-bond acceptors (Lipinski definition) is 6. The minimum atomic E-state index is -0.399. The second-order valence-electron chi connectivity index (χ2n) is 11.2. The summed E-state index contributed by atoms with van der Waals surface area (Å²) in [7, 11) is 5.59. The average Bonchev–Trinajstić information content (AvgIpc) is 2.91. The summed E-state index contributed by atoms with van der Waals surface area (Å²) in [5, 5.41) is 19.8. The number of ether oxygens (including phenoxy) is 2. The van der Waals surface area contributed by atoms with Crippen molar-refractivity contribution in [2.75, 3.05) is 45.9 Å². The molecular weight excluding hydrogens is 495 g/mol. The highest BCUT2D eigenvalue weighted by Gasteiger charge is 2.26. The molecule has 0 amide bonds.